The molecule has 0 saturated carbocycles. The van der Waals surface area contributed by atoms with Gasteiger partial charge in [0.1, 0.15) is 24.2 Å². The van der Waals surface area contributed by atoms with E-state index in [4.69, 9.17) is 21.7 Å². The molecule has 10 N–H and O–H groups in total. The largest absolute Gasteiger partial charge is 0.481 e. The summed E-state index contributed by atoms with van der Waals surface area (Å²) in [5, 5.41) is 33.7. The van der Waals surface area contributed by atoms with Gasteiger partial charge in [0.15, 0.2) is 0 Å². The zero-order chi connectivity index (χ0) is 24.3. The molecule has 0 aromatic carbocycles. The van der Waals surface area contributed by atoms with Crippen molar-refractivity contribution in [2.75, 3.05) is 5.75 Å². The Morgan fingerprint density at radius 3 is 1.81 bits per heavy atom. The molecule has 5 unspecified atom stereocenters. The van der Waals surface area contributed by atoms with E-state index >= 15 is 0 Å². The summed E-state index contributed by atoms with van der Waals surface area (Å²) in [6.07, 6.45) is -2.82. The van der Waals surface area contributed by atoms with Gasteiger partial charge in [-0.15, -0.1) is 0 Å². The molecule has 5 atom stereocenters. The van der Waals surface area contributed by atoms with Gasteiger partial charge in [-0.1, -0.05) is 0 Å². The van der Waals surface area contributed by atoms with Crippen LogP contribution in [0.5, 0.6) is 0 Å². The van der Waals surface area contributed by atoms with E-state index in [1.54, 1.807) is 0 Å². The van der Waals surface area contributed by atoms with Gasteiger partial charge >= 0.3 is 11.9 Å². The second-order valence-corrected chi connectivity index (χ2v) is 6.94. The quantitative estimate of drug-likeness (QED) is 0.112. The van der Waals surface area contributed by atoms with Crippen LogP contribution in [0.2, 0.25) is 0 Å². The summed E-state index contributed by atoms with van der Waals surface area (Å²) in [5.41, 5.74) is 10.4. The van der Waals surface area contributed by atoms with Crippen molar-refractivity contribution in [3.05, 3.63) is 0 Å². The van der Waals surface area contributed by atoms with Gasteiger partial charge in [0.25, 0.3) is 0 Å². The van der Waals surface area contributed by atoms with E-state index in [-0.39, 0.29) is 12.2 Å². The zero-order valence-corrected chi connectivity index (χ0v) is 17.5. The van der Waals surface area contributed by atoms with Crippen LogP contribution in [-0.4, -0.2) is 86.9 Å². The molecule has 0 saturated heterocycles. The van der Waals surface area contributed by atoms with Crippen LogP contribution >= 0.6 is 12.6 Å². The first-order valence-electron chi connectivity index (χ1n) is 8.98. The van der Waals surface area contributed by atoms with Crippen molar-refractivity contribution in [2.24, 2.45) is 11.5 Å². The van der Waals surface area contributed by atoms with E-state index in [1.807, 2.05) is 5.32 Å². The predicted octanol–water partition coefficient (Wildman–Crippen LogP) is -4.10. The van der Waals surface area contributed by atoms with E-state index in [9.17, 15) is 33.9 Å². The fraction of sp³-hybridized carbons (Fsp3) is 0.625. The SMILES string of the molecule is CC(O)C(N)C(=O)NC(CCC(=O)O)C(=O)NC(CS)C(=O)NC(CC(N)=O)C(=O)O. The second kappa shape index (κ2) is 13.4. The molecule has 0 aromatic heterocycles. The maximum Gasteiger partial charge on any atom is 0.326 e. The van der Waals surface area contributed by atoms with Gasteiger partial charge in [-0.05, 0) is 13.3 Å². The fourth-order valence-electron chi connectivity index (χ4n) is 2.16. The topological polar surface area (TPSA) is 251 Å². The minimum Gasteiger partial charge on any atom is -0.481 e. The lowest BCUT2D eigenvalue weighted by Gasteiger charge is -2.24. The molecule has 15 heteroatoms. The van der Waals surface area contributed by atoms with Crippen molar-refractivity contribution in [3.8, 4) is 0 Å². The van der Waals surface area contributed by atoms with E-state index in [0.29, 0.717) is 0 Å². The standard InChI is InChI=1S/C16H27N5O9S/c1-6(22)12(18)15(28)19-7(2-3-11(24)25)13(26)21-9(5-31)14(27)20-8(16(29)30)4-10(17)23/h6-9,12,22,31H,2-5,18H2,1H3,(H2,17,23)(H,19,28)(H,20,27)(H,21,26)(H,24,25)(H,29,30). The zero-order valence-electron chi connectivity index (χ0n) is 16.6. The predicted molar refractivity (Wildman–Crippen MR) is 108 cm³/mol. The lowest BCUT2D eigenvalue weighted by Crippen LogP contribution is -2.58. The molecule has 0 aliphatic heterocycles. The van der Waals surface area contributed by atoms with Gasteiger partial charge in [0.2, 0.25) is 23.6 Å². The number of nitrogens with one attached hydrogen (secondary N) is 3. The van der Waals surface area contributed by atoms with Crippen molar-refractivity contribution >= 4 is 48.2 Å². The first kappa shape index (κ1) is 28.1. The normalized spacial score (nSPS) is 15.5. The monoisotopic (exact) mass is 465 g/mol. The summed E-state index contributed by atoms with van der Waals surface area (Å²) in [5.74, 6) is -6.97. The van der Waals surface area contributed by atoms with Crippen molar-refractivity contribution in [2.45, 2.75) is 56.5 Å². The highest BCUT2D eigenvalue weighted by Crippen LogP contribution is 2.03. The maximum atomic E-state index is 12.5. The van der Waals surface area contributed by atoms with E-state index in [2.05, 4.69) is 23.3 Å². The summed E-state index contributed by atoms with van der Waals surface area (Å²) in [4.78, 5) is 69.8. The van der Waals surface area contributed by atoms with Gasteiger partial charge in [0, 0.05) is 12.2 Å². The lowest BCUT2D eigenvalue weighted by molar-refractivity contribution is -0.143. The Balaban J connectivity index is 5.32. The highest BCUT2D eigenvalue weighted by molar-refractivity contribution is 7.80. The Morgan fingerprint density at radius 1 is 0.903 bits per heavy atom. The number of amides is 4. The minimum atomic E-state index is -1.64. The second-order valence-electron chi connectivity index (χ2n) is 6.57. The average molecular weight is 465 g/mol. The Labute approximate surface area is 182 Å². The minimum absolute atomic E-state index is 0.298. The molecule has 0 radical (unpaired) electrons. The first-order valence-corrected chi connectivity index (χ1v) is 9.61. The molecule has 0 rings (SSSR count). The number of rotatable bonds is 14. The summed E-state index contributed by atoms with van der Waals surface area (Å²) >= 11 is 3.91. The molecule has 0 spiro atoms. The number of thiol groups is 1. The number of nitrogens with two attached hydrogens (primary N) is 2. The number of carboxylic acids is 2. The number of carbonyl (C=O) groups excluding carboxylic acids is 4. The highest BCUT2D eigenvalue weighted by Gasteiger charge is 2.31. The first-order chi connectivity index (χ1) is 14.3. The smallest absolute Gasteiger partial charge is 0.326 e. The maximum absolute atomic E-state index is 12.5. The summed E-state index contributed by atoms with van der Waals surface area (Å²) < 4.78 is 0. The number of aliphatic hydroxyl groups excluding tert-OH is 1. The third-order valence-corrected chi connectivity index (χ3v) is 4.30. The Morgan fingerprint density at radius 2 is 1.39 bits per heavy atom. The van der Waals surface area contributed by atoms with Crippen LogP contribution in [0.3, 0.4) is 0 Å². The number of carboxylic acid groups (broad SMARTS) is 2. The number of aliphatic carboxylic acids is 2. The number of primary amides is 1. The van der Waals surface area contributed by atoms with Gasteiger partial charge in [-0.2, -0.15) is 12.6 Å². The number of aliphatic hydroxyl groups is 1. The average Bonchev–Trinajstić information content (AvgIpc) is 2.66. The lowest BCUT2D eigenvalue weighted by atomic mass is 10.1. The van der Waals surface area contributed by atoms with Crippen LogP contribution in [0.4, 0.5) is 0 Å². The molecular formula is C16H27N5O9S. The van der Waals surface area contributed by atoms with E-state index < -0.39 is 78.7 Å². The molecule has 0 aliphatic rings. The number of hydrogen-bond donors (Lipinski definition) is 9. The third-order valence-electron chi connectivity index (χ3n) is 3.94. The fourth-order valence-corrected chi connectivity index (χ4v) is 2.42. The third kappa shape index (κ3) is 10.6. The van der Waals surface area contributed by atoms with E-state index in [1.165, 1.54) is 6.92 Å². The van der Waals surface area contributed by atoms with Crippen LogP contribution < -0.4 is 27.4 Å². The molecule has 176 valence electrons. The molecule has 31 heavy (non-hydrogen) atoms. The van der Waals surface area contributed by atoms with Crippen molar-refractivity contribution < 1.29 is 44.1 Å². The Hall–Kier alpha value is -2.91. The van der Waals surface area contributed by atoms with Crippen LogP contribution in [0.15, 0.2) is 0 Å². The van der Waals surface area contributed by atoms with Gasteiger partial charge in [-0.25, -0.2) is 4.79 Å². The van der Waals surface area contributed by atoms with Crippen molar-refractivity contribution in [3.63, 3.8) is 0 Å². The molecule has 4 amide bonds. The van der Waals surface area contributed by atoms with Crippen LogP contribution in [0.25, 0.3) is 0 Å². The Kier molecular flexibility index (Phi) is 12.1. The van der Waals surface area contributed by atoms with Gasteiger partial charge in [-0.3, -0.25) is 24.0 Å². The van der Waals surface area contributed by atoms with Gasteiger partial charge < -0.3 is 42.7 Å². The Bertz CT molecular complexity index is 703. The highest BCUT2D eigenvalue weighted by atomic mass is 32.1. The molecule has 0 heterocycles. The van der Waals surface area contributed by atoms with Crippen molar-refractivity contribution in [1.29, 1.82) is 0 Å². The number of hydrogen-bond acceptors (Lipinski definition) is 9. The van der Waals surface area contributed by atoms with Crippen molar-refractivity contribution in [1.82, 2.24) is 16.0 Å². The molecule has 14 nitrogen and oxygen atoms in total. The molecule has 0 aromatic rings. The van der Waals surface area contributed by atoms with Crippen LogP contribution in [-0.2, 0) is 28.8 Å². The summed E-state index contributed by atoms with van der Waals surface area (Å²) in [7, 11) is 0. The van der Waals surface area contributed by atoms with E-state index in [0.717, 1.165) is 0 Å². The summed E-state index contributed by atoms with van der Waals surface area (Å²) in [6.45, 7) is 1.24. The molecular weight excluding hydrogens is 438 g/mol. The summed E-state index contributed by atoms with van der Waals surface area (Å²) in [6, 6.07) is -5.85. The molecule has 0 bridgehead atoms. The molecule has 0 aliphatic carbocycles. The van der Waals surface area contributed by atoms with Crippen LogP contribution in [0, 0.1) is 0 Å². The van der Waals surface area contributed by atoms with Gasteiger partial charge in [0.05, 0.1) is 12.5 Å². The van der Waals surface area contributed by atoms with Crippen LogP contribution in [0.1, 0.15) is 26.2 Å². The molecule has 0 fully saturated rings. The number of carbonyl (C=O) groups is 6.